The topological polar surface area (TPSA) is 46.6 Å². The Hall–Kier alpha value is -1.84. The van der Waals surface area contributed by atoms with Gasteiger partial charge in [-0.2, -0.15) is 0 Å². The van der Waals surface area contributed by atoms with E-state index in [1.165, 1.54) is 37.0 Å². The Kier molecular flexibility index (Phi) is 5.54. The highest BCUT2D eigenvalue weighted by Crippen LogP contribution is 2.30. The molecule has 1 aromatic carbocycles. The molecular weight excluding hydrogens is 302 g/mol. The summed E-state index contributed by atoms with van der Waals surface area (Å²) in [5.74, 6) is 0.449. The number of amides is 2. The fourth-order valence-corrected chi connectivity index (χ4v) is 4.03. The minimum atomic E-state index is -0.476. The summed E-state index contributed by atoms with van der Waals surface area (Å²) in [6.07, 6.45) is 7.37. The molecule has 24 heavy (non-hydrogen) atoms. The molecule has 1 saturated carbocycles. The van der Waals surface area contributed by atoms with Crippen LogP contribution in [0.4, 0.5) is 4.79 Å². The number of benzene rings is 1. The van der Waals surface area contributed by atoms with Crippen LogP contribution >= 0.6 is 0 Å². The van der Waals surface area contributed by atoms with Gasteiger partial charge in [-0.3, -0.25) is 4.79 Å². The average molecular weight is 329 g/mol. The number of hydrogen-bond donors (Lipinski definition) is 0. The van der Waals surface area contributed by atoms with Gasteiger partial charge in [-0.05, 0) is 24.3 Å². The maximum Gasteiger partial charge on any atom is 0.416 e. The van der Waals surface area contributed by atoms with Crippen molar-refractivity contribution in [3.05, 3.63) is 35.9 Å². The van der Waals surface area contributed by atoms with Crippen LogP contribution in [0.2, 0.25) is 0 Å². The van der Waals surface area contributed by atoms with Crippen LogP contribution in [0.15, 0.2) is 30.3 Å². The first kappa shape index (κ1) is 17.0. The summed E-state index contributed by atoms with van der Waals surface area (Å²) in [4.78, 5) is 26.3. The van der Waals surface area contributed by atoms with Crippen LogP contribution in [0.5, 0.6) is 0 Å². The molecule has 0 radical (unpaired) electrons. The molecule has 2 atom stereocenters. The Bertz CT molecular complexity index is 566. The van der Waals surface area contributed by atoms with Crippen LogP contribution in [0.3, 0.4) is 0 Å². The first-order valence-corrected chi connectivity index (χ1v) is 9.19. The lowest BCUT2D eigenvalue weighted by Crippen LogP contribution is -2.43. The molecule has 4 heteroatoms. The third-order valence-corrected chi connectivity index (χ3v) is 5.35. The van der Waals surface area contributed by atoms with Crippen LogP contribution in [0, 0.1) is 11.8 Å². The van der Waals surface area contributed by atoms with E-state index in [0.717, 1.165) is 12.0 Å². The molecule has 0 unspecified atom stereocenters. The molecule has 1 aliphatic carbocycles. The number of hydrogen-bond acceptors (Lipinski definition) is 3. The summed E-state index contributed by atoms with van der Waals surface area (Å²) in [7, 11) is 0. The number of ether oxygens (including phenoxy) is 1. The fraction of sp³-hybridized carbons (Fsp3) is 0.600. The summed E-state index contributed by atoms with van der Waals surface area (Å²) in [5, 5.41) is 0. The standard InChI is InChI=1S/C20H27NO3/c1-15(12-16-8-4-2-5-9-16)19(22)21-18(14-24-20(21)23)13-17-10-6-3-7-11-17/h3,6-7,10-11,15-16,18H,2,4-5,8-9,12-14H2,1H3/t15-,18-/m1/s1. The lowest BCUT2D eigenvalue weighted by atomic mass is 9.83. The molecule has 1 saturated heterocycles. The Balaban J connectivity index is 1.63. The van der Waals surface area contributed by atoms with Crippen molar-refractivity contribution in [1.29, 1.82) is 0 Å². The monoisotopic (exact) mass is 329 g/mol. The maximum atomic E-state index is 12.9. The Morgan fingerprint density at radius 2 is 1.92 bits per heavy atom. The molecule has 2 aliphatic rings. The quantitative estimate of drug-likeness (QED) is 0.814. The number of imide groups is 1. The van der Waals surface area contributed by atoms with Gasteiger partial charge in [-0.1, -0.05) is 69.4 Å². The van der Waals surface area contributed by atoms with Crippen molar-refractivity contribution < 1.29 is 14.3 Å². The molecule has 2 amide bonds. The maximum absolute atomic E-state index is 12.9. The van der Waals surface area contributed by atoms with E-state index in [2.05, 4.69) is 0 Å². The SMILES string of the molecule is C[C@H](CC1CCCCC1)C(=O)N1C(=O)OC[C@H]1Cc1ccccc1. The molecule has 0 spiro atoms. The minimum Gasteiger partial charge on any atom is -0.447 e. The van der Waals surface area contributed by atoms with Crippen LogP contribution in [-0.4, -0.2) is 29.5 Å². The van der Waals surface area contributed by atoms with Gasteiger partial charge in [0.25, 0.3) is 0 Å². The number of nitrogens with zero attached hydrogens (tertiary/aromatic N) is 1. The zero-order chi connectivity index (χ0) is 16.9. The molecular formula is C20H27NO3. The molecule has 0 bridgehead atoms. The fourth-order valence-electron chi connectivity index (χ4n) is 4.03. The molecule has 1 aliphatic heterocycles. The van der Waals surface area contributed by atoms with E-state index in [1.807, 2.05) is 37.3 Å². The normalized spacial score (nSPS) is 23.1. The van der Waals surface area contributed by atoms with Crippen molar-refractivity contribution in [2.24, 2.45) is 11.8 Å². The van der Waals surface area contributed by atoms with Crippen molar-refractivity contribution in [2.45, 2.75) is 57.9 Å². The lowest BCUT2D eigenvalue weighted by molar-refractivity contribution is -0.133. The molecule has 2 fully saturated rings. The van der Waals surface area contributed by atoms with Crippen LogP contribution < -0.4 is 0 Å². The van der Waals surface area contributed by atoms with Crippen LogP contribution in [0.1, 0.15) is 51.0 Å². The van der Waals surface area contributed by atoms with E-state index >= 15 is 0 Å². The zero-order valence-electron chi connectivity index (χ0n) is 14.4. The summed E-state index contributed by atoms with van der Waals surface area (Å²) < 4.78 is 5.18. The summed E-state index contributed by atoms with van der Waals surface area (Å²) in [5.41, 5.74) is 1.12. The Labute approximate surface area is 144 Å². The Morgan fingerprint density at radius 1 is 1.21 bits per heavy atom. The Morgan fingerprint density at radius 3 is 2.62 bits per heavy atom. The third kappa shape index (κ3) is 3.97. The number of carbonyl (C=O) groups is 2. The highest BCUT2D eigenvalue weighted by Gasteiger charge is 2.40. The molecule has 0 N–H and O–H groups in total. The van der Waals surface area contributed by atoms with Gasteiger partial charge in [-0.25, -0.2) is 9.69 Å². The van der Waals surface area contributed by atoms with Crippen LogP contribution in [-0.2, 0) is 16.0 Å². The predicted molar refractivity (Wildman–Crippen MR) is 92.5 cm³/mol. The predicted octanol–water partition coefficient (Wildman–Crippen LogP) is 4.18. The van der Waals surface area contributed by atoms with Gasteiger partial charge in [0.15, 0.2) is 0 Å². The van der Waals surface area contributed by atoms with Gasteiger partial charge >= 0.3 is 6.09 Å². The lowest BCUT2D eigenvalue weighted by Gasteiger charge is -2.27. The highest BCUT2D eigenvalue weighted by molar-refractivity contribution is 5.94. The van der Waals surface area contributed by atoms with Gasteiger partial charge in [-0.15, -0.1) is 0 Å². The van der Waals surface area contributed by atoms with Gasteiger partial charge in [0.05, 0.1) is 6.04 Å². The summed E-state index contributed by atoms with van der Waals surface area (Å²) in [6.45, 7) is 2.26. The van der Waals surface area contributed by atoms with E-state index in [9.17, 15) is 9.59 Å². The molecule has 4 nitrogen and oxygen atoms in total. The first-order chi connectivity index (χ1) is 11.6. The zero-order valence-corrected chi connectivity index (χ0v) is 14.4. The third-order valence-electron chi connectivity index (χ3n) is 5.35. The molecule has 0 aromatic heterocycles. The van der Waals surface area contributed by atoms with E-state index in [0.29, 0.717) is 18.9 Å². The average Bonchev–Trinajstić information content (AvgIpc) is 2.96. The van der Waals surface area contributed by atoms with Crippen LogP contribution in [0.25, 0.3) is 0 Å². The number of cyclic esters (lactones) is 1. The summed E-state index contributed by atoms with van der Waals surface area (Å²) in [6, 6.07) is 9.79. The highest BCUT2D eigenvalue weighted by atomic mass is 16.6. The van der Waals surface area contributed by atoms with E-state index in [-0.39, 0.29) is 17.9 Å². The van der Waals surface area contributed by atoms with E-state index in [1.54, 1.807) is 0 Å². The molecule has 3 rings (SSSR count). The second-order valence-corrected chi connectivity index (χ2v) is 7.27. The van der Waals surface area contributed by atoms with Crippen molar-refractivity contribution in [3.8, 4) is 0 Å². The van der Waals surface area contributed by atoms with Crippen molar-refractivity contribution in [1.82, 2.24) is 4.90 Å². The first-order valence-electron chi connectivity index (χ1n) is 9.19. The van der Waals surface area contributed by atoms with Crippen molar-refractivity contribution in [3.63, 3.8) is 0 Å². The molecule has 1 heterocycles. The number of rotatable bonds is 5. The molecule has 130 valence electrons. The molecule has 1 aromatic rings. The van der Waals surface area contributed by atoms with Gasteiger partial charge < -0.3 is 4.74 Å². The second-order valence-electron chi connectivity index (χ2n) is 7.27. The largest absolute Gasteiger partial charge is 0.447 e. The minimum absolute atomic E-state index is 0.0657. The van der Waals surface area contributed by atoms with E-state index < -0.39 is 6.09 Å². The van der Waals surface area contributed by atoms with Gasteiger partial charge in [0, 0.05) is 5.92 Å². The van der Waals surface area contributed by atoms with Gasteiger partial charge in [0.1, 0.15) is 6.61 Å². The number of carbonyl (C=O) groups excluding carboxylic acids is 2. The summed E-state index contributed by atoms with van der Waals surface area (Å²) >= 11 is 0. The van der Waals surface area contributed by atoms with Crippen molar-refractivity contribution in [2.75, 3.05) is 6.61 Å². The smallest absolute Gasteiger partial charge is 0.416 e. The second kappa shape index (κ2) is 7.82. The van der Waals surface area contributed by atoms with Crippen molar-refractivity contribution >= 4 is 12.0 Å². The van der Waals surface area contributed by atoms with Gasteiger partial charge in [0.2, 0.25) is 5.91 Å². The van der Waals surface area contributed by atoms with E-state index in [4.69, 9.17) is 4.74 Å².